The molecule has 0 saturated carbocycles. The summed E-state index contributed by atoms with van der Waals surface area (Å²) in [6.07, 6.45) is 0. The Hall–Kier alpha value is -6.18. The molecule has 9 aromatic carbocycles. The molecular weight excluding hydrogens is 569 g/mol. The topological polar surface area (TPSA) is 13.1 Å². The van der Waals surface area contributed by atoms with E-state index in [1.165, 1.54) is 0 Å². The van der Waals surface area contributed by atoms with Gasteiger partial charge in [0, 0.05) is 10.8 Å². The first kappa shape index (κ1) is 19.4. The average Bonchev–Trinajstić information content (AvgIpc) is 3.57. The molecule has 1 heterocycles. The van der Waals surface area contributed by atoms with E-state index in [9.17, 15) is 5.48 Å². The molecule has 0 saturated heterocycles. The van der Waals surface area contributed by atoms with E-state index < -0.39 is 24.2 Å². The molecule has 47 heavy (non-hydrogen) atoms. The summed E-state index contributed by atoms with van der Waals surface area (Å²) in [5.74, 6) is 0. The van der Waals surface area contributed by atoms with Crippen LogP contribution >= 0.6 is 0 Å². The SMILES string of the molecule is [2H]c1c([2H])c([2H])c2c(-c3cc(-c4ccccc4)cc4ccccc34)c3c([2H])c([2H])c([2H])c([2H])c3c(-c3ccc4oc5cc6ccccc6cc5c4c3)c2c1[2H]. The van der Waals surface area contributed by atoms with E-state index in [-0.39, 0.29) is 45.7 Å². The predicted molar refractivity (Wildman–Crippen MR) is 200 cm³/mol. The Morgan fingerprint density at radius 1 is 0.362 bits per heavy atom. The molecular formula is C46H28O. The molecule has 10 aromatic rings. The van der Waals surface area contributed by atoms with Crippen LogP contribution in [0, 0.1) is 0 Å². The summed E-state index contributed by atoms with van der Waals surface area (Å²) in [7, 11) is 0. The Morgan fingerprint density at radius 2 is 0.957 bits per heavy atom. The number of hydrogen-bond donors (Lipinski definition) is 0. The molecule has 0 bridgehead atoms. The maximum atomic E-state index is 9.49. The predicted octanol–water partition coefficient (Wildman–Crippen LogP) is 13.2. The van der Waals surface area contributed by atoms with Gasteiger partial charge in [0.05, 0.1) is 11.0 Å². The van der Waals surface area contributed by atoms with Gasteiger partial charge >= 0.3 is 0 Å². The molecule has 1 nitrogen and oxygen atoms in total. The quantitative estimate of drug-likeness (QED) is 0.183. The fraction of sp³-hybridized carbons (Fsp3) is 0. The smallest absolute Gasteiger partial charge is 0.136 e. The normalized spacial score (nSPS) is 14.2. The van der Waals surface area contributed by atoms with Crippen LogP contribution in [-0.2, 0) is 0 Å². The molecule has 0 fully saturated rings. The van der Waals surface area contributed by atoms with Gasteiger partial charge in [-0.1, -0.05) is 133 Å². The van der Waals surface area contributed by atoms with Crippen LogP contribution in [0.3, 0.4) is 0 Å². The van der Waals surface area contributed by atoms with Crippen LogP contribution < -0.4 is 0 Å². The summed E-state index contributed by atoms with van der Waals surface area (Å²) in [5.41, 5.74) is 4.83. The summed E-state index contributed by atoms with van der Waals surface area (Å²) < 4.78 is 79.8. The Bertz CT molecular complexity index is 3220. The third-order valence-electron chi connectivity index (χ3n) is 9.24. The Morgan fingerprint density at radius 3 is 1.68 bits per heavy atom. The van der Waals surface area contributed by atoms with E-state index in [4.69, 9.17) is 9.90 Å². The number of hydrogen-bond acceptors (Lipinski definition) is 1. The molecule has 1 aromatic heterocycles. The molecule has 0 aliphatic heterocycles. The van der Waals surface area contributed by atoms with Crippen LogP contribution in [0.15, 0.2) is 174 Å². The van der Waals surface area contributed by atoms with Gasteiger partial charge in [-0.05, 0) is 113 Å². The van der Waals surface area contributed by atoms with E-state index in [1.807, 2.05) is 103 Å². The number of benzene rings is 9. The van der Waals surface area contributed by atoms with Gasteiger partial charge in [0.2, 0.25) is 0 Å². The molecule has 1 heteroatoms. The van der Waals surface area contributed by atoms with E-state index in [2.05, 4.69) is 12.1 Å². The van der Waals surface area contributed by atoms with Crippen molar-refractivity contribution in [2.24, 2.45) is 0 Å². The highest BCUT2D eigenvalue weighted by Crippen LogP contribution is 2.47. The van der Waals surface area contributed by atoms with E-state index in [1.54, 1.807) is 6.07 Å². The molecule has 0 unspecified atom stereocenters. The second-order valence-electron chi connectivity index (χ2n) is 11.9. The fourth-order valence-electron chi connectivity index (χ4n) is 7.12. The molecule has 0 radical (unpaired) electrons. The maximum Gasteiger partial charge on any atom is 0.136 e. The molecule has 0 amide bonds. The van der Waals surface area contributed by atoms with Crippen LogP contribution in [0.1, 0.15) is 11.0 Å². The minimum absolute atomic E-state index is 0.172. The summed E-state index contributed by atoms with van der Waals surface area (Å²) >= 11 is 0. The Kier molecular flexibility index (Phi) is 4.19. The number of fused-ring (bicyclic) bond motifs is 7. The van der Waals surface area contributed by atoms with Crippen molar-refractivity contribution in [2.75, 3.05) is 0 Å². The van der Waals surface area contributed by atoms with Gasteiger partial charge in [-0.3, -0.25) is 0 Å². The zero-order valence-electron chi connectivity index (χ0n) is 33.0. The second-order valence-corrected chi connectivity index (χ2v) is 11.9. The second kappa shape index (κ2) is 10.2. The fourth-order valence-corrected chi connectivity index (χ4v) is 7.12. The van der Waals surface area contributed by atoms with Crippen molar-refractivity contribution >= 4 is 65.0 Å². The first-order valence-electron chi connectivity index (χ1n) is 19.5. The third kappa shape index (κ3) is 4.03. The van der Waals surface area contributed by atoms with Gasteiger partial charge in [0.1, 0.15) is 11.2 Å². The van der Waals surface area contributed by atoms with Crippen molar-refractivity contribution in [2.45, 2.75) is 0 Å². The lowest BCUT2D eigenvalue weighted by atomic mass is 9.83. The minimum Gasteiger partial charge on any atom is -0.456 e. The summed E-state index contributed by atoms with van der Waals surface area (Å²) in [5, 5.41) is 6.02. The summed E-state index contributed by atoms with van der Waals surface area (Å²) in [4.78, 5) is 0. The molecule has 0 aliphatic rings. The molecule has 10 rings (SSSR count). The molecule has 0 atom stereocenters. The number of furan rings is 1. The minimum atomic E-state index is -0.436. The van der Waals surface area contributed by atoms with Crippen LogP contribution in [0.4, 0.5) is 0 Å². The molecule has 0 spiro atoms. The van der Waals surface area contributed by atoms with Crippen LogP contribution in [0.25, 0.3) is 98.4 Å². The van der Waals surface area contributed by atoms with Gasteiger partial charge in [0.25, 0.3) is 0 Å². The molecule has 0 N–H and O–H groups in total. The highest BCUT2D eigenvalue weighted by atomic mass is 16.3. The van der Waals surface area contributed by atoms with Crippen molar-refractivity contribution in [3.63, 3.8) is 0 Å². The van der Waals surface area contributed by atoms with Crippen molar-refractivity contribution in [1.29, 1.82) is 0 Å². The van der Waals surface area contributed by atoms with Gasteiger partial charge in [0.15, 0.2) is 0 Å². The standard InChI is InChI=1S/C46H28O/c1-2-12-29(13-3-1)34-24-32-16-6-7-17-35(32)42(27-34)46-38-20-10-8-18-36(38)45(37-19-9-11-21-39(37)46)33-22-23-43-40(26-33)41-25-30-14-4-5-15-31(30)28-44(41)47-43/h1-28H/i8D,9D,10D,11D,18D,19D,20D,21D. The summed E-state index contributed by atoms with van der Waals surface area (Å²) in [6.45, 7) is 0. The largest absolute Gasteiger partial charge is 0.456 e. The zero-order valence-corrected chi connectivity index (χ0v) is 25.0. The number of rotatable bonds is 3. The zero-order chi connectivity index (χ0) is 37.9. The Balaban J connectivity index is 1.44. The van der Waals surface area contributed by atoms with Crippen LogP contribution in [0.2, 0.25) is 0 Å². The van der Waals surface area contributed by atoms with Crippen molar-refractivity contribution in [1.82, 2.24) is 0 Å². The summed E-state index contributed by atoms with van der Waals surface area (Å²) in [6, 6.07) is 36.2. The lowest BCUT2D eigenvalue weighted by Crippen LogP contribution is -1.92. The average molecular weight is 605 g/mol. The van der Waals surface area contributed by atoms with Crippen molar-refractivity contribution < 1.29 is 15.4 Å². The maximum absolute atomic E-state index is 9.49. The highest BCUT2D eigenvalue weighted by Gasteiger charge is 2.20. The van der Waals surface area contributed by atoms with Gasteiger partial charge in [-0.25, -0.2) is 0 Å². The lowest BCUT2D eigenvalue weighted by Gasteiger charge is -2.19. The molecule has 0 aliphatic carbocycles. The monoisotopic (exact) mass is 604 g/mol. The lowest BCUT2D eigenvalue weighted by molar-refractivity contribution is 0.669. The van der Waals surface area contributed by atoms with Gasteiger partial charge in [-0.2, -0.15) is 0 Å². The third-order valence-corrected chi connectivity index (χ3v) is 9.24. The van der Waals surface area contributed by atoms with Crippen molar-refractivity contribution in [3.05, 3.63) is 170 Å². The van der Waals surface area contributed by atoms with E-state index in [0.29, 0.717) is 33.4 Å². The van der Waals surface area contributed by atoms with E-state index >= 15 is 0 Å². The first-order valence-corrected chi connectivity index (χ1v) is 15.5. The Labute approximate surface area is 283 Å². The van der Waals surface area contributed by atoms with E-state index in [0.717, 1.165) is 43.4 Å². The van der Waals surface area contributed by atoms with Gasteiger partial charge in [-0.15, -0.1) is 0 Å². The van der Waals surface area contributed by atoms with Crippen LogP contribution in [-0.4, -0.2) is 0 Å². The first-order chi connectivity index (χ1) is 26.6. The van der Waals surface area contributed by atoms with Crippen LogP contribution in [0.5, 0.6) is 0 Å². The van der Waals surface area contributed by atoms with Gasteiger partial charge < -0.3 is 4.42 Å². The highest BCUT2D eigenvalue weighted by molar-refractivity contribution is 6.24. The molecule has 218 valence electrons. The van der Waals surface area contributed by atoms with Crippen molar-refractivity contribution in [3.8, 4) is 33.4 Å².